The molecule has 20 heavy (non-hydrogen) atoms. The number of hydrogen-bond donors (Lipinski definition) is 1. The van der Waals surface area contributed by atoms with Crippen molar-refractivity contribution in [1.82, 2.24) is 4.90 Å². The van der Waals surface area contributed by atoms with Gasteiger partial charge in [-0.2, -0.15) is 0 Å². The number of carbonyl (C=O) groups excluding carboxylic acids is 1. The Morgan fingerprint density at radius 1 is 1.15 bits per heavy atom. The fourth-order valence-corrected chi connectivity index (χ4v) is 3.39. The molecule has 1 aliphatic heterocycles. The zero-order chi connectivity index (χ0) is 14.9. The van der Waals surface area contributed by atoms with E-state index in [0.29, 0.717) is 24.8 Å². The largest absolute Gasteiger partial charge is 0.480 e. The van der Waals surface area contributed by atoms with Crippen LogP contribution < -0.4 is 0 Å². The van der Waals surface area contributed by atoms with Gasteiger partial charge in [0.2, 0.25) is 0 Å². The highest BCUT2D eigenvalue weighted by Crippen LogP contribution is 2.39. The smallest absolute Gasteiger partial charge is 0.411 e. The monoisotopic (exact) mass is 283 g/mol. The zero-order valence-corrected chi connectivity index (χ0v) is 12.6. The molecular weight excluding hydrogens is 258 g/mol. The van der Waals surface area contributed by atoms with Gasteiger partial charge in [-0.3, -0.25) is 4.90 Å². The second-order valence-electron chi connectivity index (χ2n) is 7.03. The quantitative estimate of drug-likeness (QED) is 0.803. The molecule has 1 saturated carbocycles. The number of hydrogen-bond acceptors (Lipinski definition) is 3. The van der Waals surface area contributed by atoms with E-state index < -0.39 is 23.7 Å². The number of amides is 1. The Balaban J connectivity index is 2.11. The first-order valence-corrected chi connectivity index (χ1v) is 7.50. The first-order valence-electron chi connectivity index (χ1n) is 7.50. The minimum absolute atomic E-state index is 0.437. The van der Waals surface area contributed by atoms with Crippen LogP contribution in [0, 0.1) is 11.8 Å². The van der Waals surface area contributed by atoms with Crippen LogP contribution in [0.4, 0.5) is 4.79 Å². The summed E-state index contributed by atoms with van der Waals surface area (Å²) in [4.78, 5) is 25.1. The van der Waals surface area contributed by atoms with Crippen molar-refractivity contribution >= 4 is 12.1 Å². The summed E-state index contributed by atoms with van der Waals surface area (Å²) >= 11 is 0. The van der Waals surface area contributed by atoms with Crippen molar-refractivity contribution in [2.45, 2.75) is 64.5 Å². The van der Waals surface area contributed by atoms with Crippen molar-refractivity contribution in [3.05, 3.63) is 0 Å². The second-order valence-corrected chi connectivity index (χ2v) is 7.03. The van der Waals surface area contributed by atoms with Crippen molar-refractivity contribution < 1.29 is 19.4 Å². The standard InChI is InChI=1S/C15H25NO4/c1-15(2,3)20-14(19)16-9-11-7-5-4-6-10(11)8-12(16)13(17)18/h10-12H,4-9H2,1-3H3,(H,17,18)/t10?,11-,12-/m0/s1. The molecule has 1 aliphatic carbocycles. The summed E-state index contributed by atoms with van der Waals surface area (Å²) in [6.45, 7) is 5.92. The van der Waals surface area contributed by atoms with E-state index in [-0.39, 0.29) is 0 Å². The number of likely N-dealkylation sites (tertiary alicyclic amines) is 1. The summed E-state index contributed by atoms with van der Waals surface area (Å²) in [6, 6.07) is -0.732. The number of carbonyl (C=O) groups is 2. The van der Waals surface area contributed by atoms with Gasteiger partial charge in [-0.25, -0.2) is 9.59 Å². The van der Waals surface area contributed by atoms with E-state index >= 15 is 0 Å². The molecule has 0 bridgehead atoms. The first-order chi connectivity index (χ1) is 9.28. The maximum Gasteiger partial charge on any atom is 0.411 e. The van der Waals surface area contributed by atoms with Crippen LogP contribution in [0.1, 0.15) is 52.9 Å². The fraction of sp³-hybridized carbons (Fsp3) is 0.867. The molecule has 0 aromatic heterocycles. The summed E-state index contributed by atoms with van der Waals surface area (Å²) in [5.74, 6) is -0.0321. The molecule has 2 fully saturated rings. The average molecular weight is 283 g/mol. The molecule has 1 unspecified atom stereocenters. The highest BCUT2D eigenvalue weighted by Gasteiger charge is 2.43. The van der Waals surface area contributed by atoms with Gasteiger partial charge < -0.3 is 9.84 Å². The summed E-state index contributed by atoms with van der Waals surface area (Å²) in [6.07, 6.45) is 4.63. The number of rotatable bonds is 1. The molecule has 5 heteroatoms. The van der Waals surface area contributed by atoms with Crippen molar-refractivity contribution in [2.75, 3.05) is 6.54 Å². The van der Waals surface area contributed by atoms with E-state index in [0.717, 1.165) is 12.8 Å². The lowest BCUT2D eigenvalue weighted by Crippen LogP contribution is -2.55. The molecule has 1 saturated heterocycles. The van der Waals surface area contributed by atoms with Gasteiger partial charge >= 0.3 is 12.1 Å². The molecule has 2 rings (SSSR count). The van der Waals surface area contributed by atoms with Gasteiger partial charge in [0.05, 0.1) is 0 Å². The van der Waals surface area contributed by atoms with Crippen LogP contribution in [-0.2, 0) is 9.53 Å². The van der Waals surface area contributed by atoms with Gasteiger partial charge in [-0.1, -0.05) is 19.3 Å². The third kappa shape index (κ3) is 3.44. The number of nitrogens with zero attached hydrogens (tertiary/aromatic N) is 1. The fourth-order valence-electron chi connectivity index (χ4n) is 3.39. The summed E-state index contributed by atoms with van der Waals surface area (Å²) in [7, 11) is 0. The molecule has 0 spiro atoms. The van der Waals surface area contributed by atoms with E-state index in [1.54, 1.807) is 20.8 Å². The zero-order valence-electron chi connectivity index (χ0n) is 12.6. The molecular formula is C15H25NO4. The molecule has 1 N–H and O–H groups in total. The van der Waals surface area contributed by atoms with Crippen molar-refractivity contribution in [3.63, 3.8) is 0 Å². The molecule has 1 heterocycles. The Labute approximate surface area is 120 Å². The molecule has 5 nitrogen and oxygen atoms in total. The summed E-state index contributed by atoms with van der Waals surface area (Å²) in [5, 5.41) is 9.40. The normalized spacial score (nSPS) is 30.6. The average Bonchev–Trinajstić information content (AvgIpc) is 2.35. The second kappa shape index (κ2) is 5.62. The third-order valence-corrected chi connectivity index (χ3v) is 4.31. The van der Waals surface area contributed by atoms with Gasteiger partial charge in [0, 0.05) is 6.54 Å². The predicted molar refractivity (Wildman–Crippen MR) is 74.4 cm³/mol. The highest BCUT2D eigenvalue weighted by atomic mass is 16.6. The number of carboxylic acids is 1. The number of carboxylic acid groups (broad SMARTS) is 1. The van der Waals surface area contributed by atoms with Gasteiger partial charge in [0.15, 0.2) is 0 Å². The lowest BCUT2D eigenvalue weighted by molar-refractivity contribution is -0.146. The highest BCUT2D eigenvalue weighted by molar-refractivity contribution is 5.80. The van der Waals surface area contributed by atoms with Gasteiger partial charge in [-0.05, 0) is 45.4 Å². The third-order valence-electron chi connectivity index (χ3n) is 4.31. The van der Waals surface area contributed by atoms with Crippen LogP contribution in [0.15, 0.2) is 0 Å². The Kier molecular flexibility index (Phi) is 4.25. The lowest BCUT2D eigenvalue weighted by Gasteiger charge is -2.44. The molecule has 3 atom stereocenters. The SMILES string of the molecule is CC(C)(C)OC(=O)N1C[C@@H]2CCCCC2C[C@H]1C(=O)O. The van der Waals surface area contributed by atoms with E-state index in [1.165, 1.54) is 17.7 Å². The number of piperidine rings is 1. The Morgan fingerprint density at radius 3 is 2.30 bits per heavy atom. The topological polar surface area (TPSA) is 66.8 Å². The summed E-state index contributed by atoms with van der Waals surface area (Å²) in [5.41, 5.74) is -0.594. The van der Waals surface area contributed by atoms with E-state index in [1.807, 2.05) is 0 Å². The minimum atomic E-state index is -0.917. The molecule has 0 aromatic carbocycles. The van der Waals surface area contributed by atoms with E-state index in [4.69, 9.17) is 4.74 Å². The van der Waals surface area contributed by atoms with Gasteiger partial charge in [0.25, 0.3) is 0 Å². The maximum absolute atomic E-state index is 12.2. The van der Waals surface area contributed by atoms with Crippen molar-refractivity contribution in [3.8, 4) is 0 Å². The van der Waals surface area contributed by atoms with Crippen LogP contribution in [0.2, 0.25) is 0 Å². The Hall–Kier alpha value is -1.26. The van der Waals surface area contributed by atoms with Crippen molar-refractivity contribution in [2.24, 2.45) is 11.8 Å². The Bertz CT molecular complexity index is 388. The molecule has 114 valence electrons. The maximum atomic E-state index is 12.2. The van der Waals surface area contributed by atoms with E-state index in [2.05, 4.69) is 0 Å². The molecule has 0 radical (unpaired) electrons. The molecule has 2 aliphatic rings. The minimum Gasteiger partial charge on any atom is -0.480 e. The number of aliphatic carboxylic acids is 1. The lowest BCUT2D eigenvalue weighted by atomic mass is 9.73. The van der Waals surface area contributed by atoms with Crippen molar-refractivity contribution in [1.29, 1.82) is 0 Å². The van der Waals surface area contributed by atoms with Crippen LogP contribution in [0.5, 0.6) is 0 Å². The van der Waals surface area contributed by atoms with Crippen LogP contribution in [0.25, 0.3) is 0 Å². The van der Waals surface area contributed by atoms with Crippen LogP contribution in [-0.4, -0.2) is 40.3 Å². The van der Waals surface area contributed by atoms with Gasteiger partial charge in [0.1, 0.15) is 11.6 Å². The first kappa shape index (κ1) is 15.1. The summed E-state index contributed by atoms with van der Waals surface area (Å²) < 4.78 is 5.36. The number of fused-ring (bicyclic) bond motifs is 1. The molecule has 0 aromatic rings. The van der Waals surface area contributed by atoms with Crippen LogP contribution >= 0.6 is 0 Å². The molecule has 1 amide bonds. The predicted octanol–water partition coefficient (Wildman–Crippen LogP) is 2.89. The van der Waals surface area contributed by atoms with Gasteiger partial charge in [-0.15, -0.1) is 0 Å². The van der Waals surface area contributed by atoms with Crippen LogP contribution in [0.3, 0.4) is 0 Å². The number of ether oxygens (including phenoxy) is 1. The Morgan fingerprint density at radius 2 is 1.75 bits per heavy atom. The van der Waals surface area contributed by atoms with E-state index in [9.17, 15) is 14.7 Å².